The van der Waals surface area contributed by atoms with Crippen molar-refractivity contribution in [3.05, 3.63) is 88.1 Å². The first-order chi connectivity index (χ1) is 15.3. The molecule has 2 heterocycles. The van der Waals surface area contributed by atoms with Gasteiger partial charge in [0.15, 0.2) is 0 Å². The molecule has 2 amide bonds. The predicted molar refractivity (Wildman–Crippen MR) is 123 cm³/mol. The van der Waals surface area contributed by atoms with Crippen LogP contribution in [0.25, 0.3) is 23.0 Å². The molecule has 0 N–H and O–H groups in total. The summed E-state index contributed by atoms with van der Waals surface area (Å²) in [7, 11) is 1.39. The normalized spacial score (nSPS) is 15.5. The van der Waals surface area contributed by atoms with Gasteiger partial charge in [0.05, 0.1) is 5.69 Å². The van der Waals surface area contributed by atoms with E-state index >= 15 is 0 Å². The number of hydrogen-bond donors (Lipinski definition) is 0. The zero-order chi connectivity index (χ0) is 23.0. The van der Waals surface area contributed by atoms with E-state index in [-0.39, 0.29) is 5.57 Å². The van der Waals surface area contributed by atoms with Crippen LogP contribution in [0.1, 0.15) is 23.6 Å². The Balaban J connectivity index is 1.98. The molecule has 32 heavy (non-hydrogen) atoms. The van der Waals surface area contributed by atoms with Crippen molar-refractivity contribution < 1.29 is 9.59 Å². The number of aryl methyl sites for hydroxylation is 2. The molecule has 0 atom stereocenters. The lowest BCUT2D eigenvalue weighted by molar-refractivity contribution is -0.138. The average molecular weight is 422 g/mol. The van der Waals surface area contributed by atoms with Crippen molar-refractivity contribution >= 4 is 17.9 Å². The third-order valence-corrected chi connectivity index (χ3v) is 5.66. The van der Waals surface area contributed by atoms with Gasteiger partial charge in [0, 0.05) is 29.9 Å². The molecule has 0 spiro atoms. The average Bonchev–Trinajstić information content (AvgIpc) is 3.21. The number of likely N-dealkylation sites (N-methyl/N-ethyl adjacent to an activating group) is 1. The molecule has 0 bridgehead atoms. The molecule has 1 aromatic heterocycles. The highest BCUT2D eigenvalue weighted by atomic mass is 16.2. The van der Waals surface area contributed by atoms with Gasteiger partial charge in [0.2, 0.25) is 0 Å². The maximum atomic E-state index is 12.9. The van der Waals surface area contributed by atoms with Crippen molar-refractivity contribution in [1.29, 1.82) is 5.26 Å². The first-order valence-electron chi connectivity index (χ1n) is 10.2. The monoisotopic (exact) mass is 422 g/mol. The Bertz CT molecular complexity index is 1350. The van der Waals surface area contributed by atoms with Crippen LogP contribution in [0, 0.1) is 25.2 Å². The molecular weight excluding hydrogens is 400 g/mol. The summed E-state index contributed by atoms with van der Waals surface area (Å²) in [5.74, 6) is -1.02. The topological polar surface area (TPSA) is 79.0 Å². The van der Waals surface area contributed by atoms with Crippen molar-refractivity contribution in [3.8, 4) is 23.0 Å². The van der Waals surface area contributed by atoms with Gasteiger partial charge in [0.25, 0.3) is 11.8 Å². The molecule has 1 aliphatic rings. The summed E-state index contributed by atoms with van der Waals surface area (Å²) in [5, 5.41) is 14.3. The number of hydrogen-bond acceptors (Lipinski definition) is 4. The summed E-state index contributed by atoms with van der Waals surface area (Å²) in [6.45, 7) is 5.67. The fourth-order valence-corrected chi connectivity index (χ4v) is 3.76. The van der Waals surface area contributed by atoms with Gasteiger partial charge >= 0.3 is 0 Å². The van der Waals surface area contributed by atoms with E-state index in [0.29, 0.717) is 11.1 Å². The van der Waals surface area contributed by atoms with Crippen LogP contribution in [-0.4, -0.2) is 33.5 Å². The standard InChI is InChI=1S/C26H22N4O2/c1-16-10-11-17(2)21(12-16)24-19(15-30(28-24)20-8-6-5-7-9-20)13-22-18(3)23(14-27)26(32)29(4)25(22)31/h5-13,15H,1-4H3/b22-13+. The van der Waals surface area contributed by atoms with Gasteiger partial charge < -0.3 is 0 Å². The predicted octanol–water partition coefficient (Wildman–Crippen LogP) is 4.38. The first kappa shape index (κ1) is 21.0. The van der Waals surface area contributed by atoms with E-state index in [0.717, 1.165) is 38.5 Å². The van der Waals surface area contributed by atoms with E-state index in [1.54, 1.807) is 17.7 Å². The smallest absolute Gasteiger partial charge is 0.271 e. The molecule has 4 rings (SSSR count). The number of benzene rings is 2. The van der Waals surface area contributed by atoms with Gasteiger partial charge in [-0.1, -0.05) is 35.9 Å². The Hall–Kier alpha value is -4.24. The van der Waals surface area contributed by atoms with Crippen LogP contribution in [0.4, 0.5) is 0 Å². The third-order valence-electron chi connectivity index (χ3n) is 5.66. The van der Waals surface area contributed by atoms with Crippen molar-refractivity contribution in [1.82, 2.24) is 14.7 Å². The van der Waals surface area contributed by atoms with Crippen LogP contribution in [0.2, 0.25) is 0 Å². The fraction of sp³-hybridized carbons (Fsp3) is 0.154. The van der Waals surface area contributed by atoms with Crippen molar-refractivity contribution in [2.45, 2.75) is 20.8 Å². The van der Waals surface area contributed by atoms with Crippen LogP contribution in [0.3, 0.4) is 0 Å². The molecule has 0 aliphatic carbocycles. The van der Waals surface area contributed by atoms with Crippen LogP contribution >= 0.6 is 0 Å². The van der Waals surface area contributed by atoms with E-state index < -0.39 is 11.8 Å². The van der Waals surface area contributed by atoms with Crippen LogP contribution in [0.5, 0.6) is 0 Å². The van der Waals surface area contributed by atoms with Gasteiger partial charge in [-0.3, -0.25) is 14.5 Å². The summed E-state index contributed by atoms with van der Waals surface area (Å²) in [4.78, 5) is 26.2. The number of nitriles is 1. The van der Waals surface area contributed by atoms with Crippen LogP contribution in [-0.2, 0) is 9.59 Å². The van der Waals surface area contributed by atoms with Crippen LogP contribution < -0.4 is 0 Å². The maximum Gasteiger partial charge on any atom is 0.271 e. The van der Waals surface area contributed by atoms with Gasteiger partial charge in [0.1, 0.15) is 17.3 Å². The number of nitrogens with zero attached hydrogens (tertiary/aromatic N) is 4. The summed E-state index contributed by atoms with van der Waals surface area (Å²) < 4.78 is 1.77. The molecule has 6 heteroatoms. The minimum Gasteiger partial charge on any atom is -0.277 e. The number of para-hydroxylation sites is 1. The second-order valence-electron chi connectivity index (χ2n) is 7.87. The third kappa shape index (κ3) is 3.54. The zero-order valence-corrected chi connectivity index (χ0v) is 18.4. The second-order valence-corrected chi connectivity index (χ2v) is 7.87. The summed E-state index contributed by atoms with van der Waals surface area (Å²) in [6, 6.07) is 17.8. The highest BCUT2D eigenvalue weighted by Crippen LogP contribution is 2.32. The number of rotatable bonds is 3. The molecular formula is C26H22N4O2. The quantitative estimate of drug-likeness (QED) is 0.464. The minimum atomic E-state index is -0.582. The fourth-order valence-electron chi connectivity index (χ4n) is 3.76. The van der Waals surface area contributed by atoms with E-state index in [9.17, 15) is 14.9 Å². The van der Waals surface area contributed by atoms with Gasteiger partial charge in [-0.2, -0.15) is 10.4 Å². The molecule has 158 valence electrons. The lowest BCUT2D eigenvalue weighted by Crippen LogP contribution is -2.39. The second kappa shape index (κ2) is 8.12. The lowest BCUT2D eigenvalue weighted by atomic mass is 9.93. The highest BCUT2D eigenvalue weighted by Gasteiger charge is 2.33. The van der Waals surface area contributed by atoms with E-state index in [2.05, 4.69) is 6.07 Å². The van der Waals surface area contributed by atoms with Gasteiger partial charge in [-0.15, -0.1) is 0 Å². The van der Waals surface area contributed by atoms with Crippen molar-refractivity contribution in [2.24, 2.45) is 0 Å². The zero-order valence-electron chi connectivity index (χ0n) is 18.4. The highest BCUT2D eigenvalue weighted by molar-refractivity contribution is 6.19. The number of amides is 2. The summed E-state index contributed by atoms with van der Waals surface area (Å²) in [5.41, 5.74) is 6.11. The number of carbonyl (C=O) groups excluding carboxylic acids is 2. The Morgan fingerprint density at radius 2 is 1.72 bits per heavy atom. The van der Waals surface area contributed by atoms with E-state index in [1.165, 1.54) is 7.05 Å². The summed E-state index contributed by atoms with van der Waals surface area (Å²) in [6.07, 6.45) is 3.59. The lowest BCUT2D eigenvalue weighted by Gasteiger charge is -2.23. The molecule has 6 nitrogen and oxygen atoms in total. The molecule has 0 saturated carbocycles. The number of carbonyl (C=O) groups is 2. The van der Waals surface area contributed by atoms with Crippen molar-refractivity contribution in [2.75, 3.05) is 7.05 Å². The molecule has 2 aromatic carbocycles. The Labute approximate surface area is 186 Å². The molecule has 0 saturated heterocycles. The Morgan fingerprint density at radius 1 is 1.00 bits per heavy atom. The number of aromatic nitrogens is 2. The minimum absolute atomic E-state index is 0.0258. The molecule has 1 aliphatic heterocycles. The summed E-state index contributed by atoms with van der Waals surface area (Å²) >= 11 is 0. The van der Waals surface area contributed by atoms with Gasteiger partial charge in [-0.25, -0.2) is 4.68 Å². The molecule has 0 radical (unpaired) electrons. The molecule has 3 aromatic rings. The molecule has 0 unspecified atom stereocenters. The van der Waals surface area contributed by atoms with E-state index in [4.69, 9.17) is 5.10 Å². The van der Waals surface area contributed by atoms with Crippen molar-refractivity contribution in [3.63, 3.8) is 0 Å². The number of imide groups is 1. The maximum absolute atomic E-state index is 12.9. The SMILES string of the molecule is CC1=C(C#N)C(=O)N(C)C(=O)/C1=C/c1cn(-c2ccccc2)nc1-c1cc(C)ccc1C. The Kier molecular flexibility index (Phi) is 5.33. The largest absolute Gasteiger partial charge is 0.277 e. The Morgan fingerprint density at radius 3 is 2.41 bits per heavy atom. The van der Waals surface area contributed by atoms with Crippen LogP contribution in [0.15, 0.2) is 71.4 Å². The van der Waals surface area contributed by atoms with Gasteiger partial charge in [-0.05, 0) is 56.2 Å². The first-order valence-corrected chi connectivity index (χ1v) is 10.2. The van der Waals surface area contributed by atoms with E-state index in [1.807, 2.05) is 68.6 Å². The molecule has 0 fully saturated rings.